The number of amides is 2. The fourth-order valence-electron chi connectivity index (χ4n) is 4.51. The van der Waals surface area contributed by atoms with E-state index < -0.39 is 6.04 Å². The van der Waals surface area contributed by atoms with Gasteiger partial charge in [-0.05, 0) is 70.2 Å². The molecule has 0 bridgehead atoms. The highest BCUT2D eigenvalue weighted by molar-refractivity contribution is 7.10. The molecule has 4 rings (SSSR count). The van der Waals surface area contributed by atoms with Crippen molar-refractivity contribution in [3.63, 3.8) is 0 Å². The number of nitrogens with zero attached hydrogens (tertiary/aromatic N) is 2. The maximum Gasteiger partial charge on any atom is 0.250 e. The van der Waals surface area contributed by atoms with Gasteiger partial charge < -0.3 is 15.5 Å². The maximum absolute atomic E-state index is 13.8. The third kappa shape index (κ3) is 5.48. The summed E-state index contributed by atoms with van der Waals surface area (Å²) in [4.78, 5) is 33.3. The topological polar surface area (TPSA) is 74.3 Å². The summed E-state index contributed by atoms with van der Waals surface area (Å²) >= 11 is 7.73. The molecule has 0 spiro atoms. The highest BCUT2D eigenvalue weighted by Crippen LogP contribution is 2.37. The van der Waals surface area contributed by atoms with Crippen LogP contribution in [0.5, 0.6) is 0 Å². The van der Waals surface area contributed by atoms with Gasteiger partial charge in [-0.15, -0.1) is 11.3 Å². The van der Waals surface area contributed by atoms with Crippen LogP contribution in [-0.2, 0) is 9.59 Å². The molecule has 1 fully saturated rings. The van der Waals surface area contributed by atoms with Crippen LogP contribution in [0.15, 0.2) is 41.3 Å². The molecule has 1 saturated heterocycles. The molecule has 2 aromatic rings. The van der Waals surface area contributed by atoms with Crippen LogP contribution >= 0.6 is 22.9 Å². The van der Waals surface area contributed by atoms with Crippen molar-refractivity contribution in [1.29, 1.82) is 0 Å². The second kappa shape index (κ2) is 10.8. The predicted octanol–water partition coefficient (Wildman–Crippen LogP) is 4.72. The van der Waals surface area contributed by atoms with Gasteiger partial charge >= 0.3 is 0 Å². The third-order valence-corrected chi connectivity index (χ3v) is 7.70. The molecule has 6 nitrogen and oxygen atoms in total. The minimum absolute atomic E-state index is 0.0261. The molecule has 176 valence electrons. The third-order valence-electron chi connectivity index (χ3n) is 6.52. The van der Waals surface area contributed by atoms with Crippen LogP contribution in [0.1, 0.15) is 56.5 Å². The number of halogens is 1. The Labute approximate surface area is 204 Å². The zero-order chi connectivity index (χ0) is 23.4. The van der Waals surface area contributed by atoms with E-state index in [-0.39, 0.29) is 23.9 Å². The van der Waals surface area contributed by atoms with Gasteiger partial charge in [0.2, 0.25) is 11.8 Å². The zero-order valence-electron chi connectivity index (χ0n) is 19.1. The Kier molecular flexibility index (Phi) is 7.83. The van der Waals surface area contributed by atoms with E-state index in [9.17, 15) is 9.59 Å². The van der Waals surface area contributed by atoms with Crippen LogP contribution in [0.3, 0.4) is 0 Å². The molecule has 33 heavy (non-hydrogen) atoms. The summed E-state index contributed by atoms with van der Waals surface area (Å²) in [6, 6.07) is 6.62. The van der Waals surface area contributed by atoms with Gasteiger partial charge in [-0.25, -0.2) is 4.98 Å². The van der Waals surface area contributed by atoms with E-state index in [1.54, 1.807) is 25.3 Å². The molecular formula is C25H31ClN4O2S. The highest BCUT2D eigenvalue weighted by Gasteiger charge is 2.38. The summed E-state index contributed by atoms with van der Waals surface area (Å²) in [5.74, 6) is -0.183. The van der Waals surface area contributed by atoms with Crippen LogP contribution in [-0.4, -0.2) is 47.4 Å². The van der Waals surface area contributed by atoms with Crippen LogP contribution in [0.2, 0.25) is 5.02 Å². The van der Waals surface area contributed by atoms with Crippen molar-refractivity contribution in [3.8, 4) is 11.3 Å². The van der Waals surface area contributed by atoms with Gasteiger partial charge in [-0.2, -0.15) is 0 Å². The number of allylic oxidation sites excluding steroid dienone is 1. The zero-order valence-corrected chi connectivity index (χ0v) is 20.7. The lowest BCUT2D eigenvalue weighted by Crippen LogP contribution is -2.53. The number of nitrogens with one attached hydrogen (secondary N) is 2. The maximum atomic E-state index is 13.8. The number of hydrogen-bond acceptors (Lipinski definition) is 5. The molecule has 1 aromatic heterocycles. The summed E-state index contributed by atoms with van der Waals surface area (Å²) < 4.78 is 0. The molecule has 0 radical (unpaired) electrons. The quantitative estimate of drug-likeness (QED) is 0.555. The van der Waals surface area contributed by atoms with Gasteiger partial charge in [0.15, 0.2) is 0 Å². The van der Waals surface area contributed by atoms with E-state index >= 15 is 0 Å². The standard InChI is InChI=1S/C25H31ClN4O2S/c1-16(27-2)23(31)29-22(17-8-4-3-5-9-17)25(32)30-13-7-12-21(30)24-28-20(15-33-24)18-10-6-11-19(26)14-18/h6,8,10-11,14-16,21-22,27H,3-5,7,9,12-13H2,1-2H3,(H,29,31)/t16-,21-,22-/m0/s1. The predicted molar refractivity (Wildman–Crippen MR) is 133 cm³/mol. The van der Waals surface area contributed by atoms with E-state index in [0.29, 0.717) is 11.6 Å². The van der Waals surface area contributed by atoms with Gasteiger partial charge in [0.05, 0.1) is 17.8 Å². The number of thiazole rings is 1. The average molecular weight is 487 g/mol. The van der Waals surface area contributed by atoms with Crippen LogP contribution in [0, 0.1) is 0 Å². The van der Waals surface area contributed by atoms with Gasteiger partial charge in [-0.1, -0.05) is 29.8 Å². The van der Waals surface area contributed by atoms with Crippen LogP contribution in [0.4, 0.5) is 0 Å². The van der Waals surface area contributed by atoms with Crippen molar-refractivity contribution in [1.82, 2.24) is 20.5 Å². The Morgan fingerprint density at radius 3 is 2.85 bits per heavy atom. The summed E-state index contributed by atoms with van der Waals surface area (Å²) in [6.07, 6.45) is 7.92. The number of likely N-dealkylation sites (tertiary alicyclic amines) is 1. The van der Waals surface area contributed by atoms with Gasteiger partial charge in [0.25, 0.3) is 0 Å². The normalized spacial score (nSPS) is 20.3. The molecule has 0 saturated carbocycles. The van der Waals surface area contributed by atoms with Crippen molar-refractivity contribution in [2.75, 3.05) is 13.6 Å². The van der Waals surface area contributed by atoms with Gasteiger partial charge in [0, 0.05) is 22.5 Å². The molecule has 8 heteroatoms. The van der Waals surface area contributed by atoms with Crippen molar-refractivity contribution in [3.05, 3.63) is 51.3 Å². The second-order valence-electron chi connectivity index (χ2n) is 8.75. The molecule has 3 atom stereocenters. The van der Waals surface area contributed by atoms with Crippen LogP contribution < -0.4 is 10.6 Å². The Bertz CT molecular complexity index is 1040. The number of likely N-dealkylation sites (N-methyl/N-ethyl adjacent to an activating group) is 1. The number of carbonyl (C=O) groups excluding carboxylic acids is 2. The first-order valence-electron chi connectivity index (χ1n) is 11.7. The summed E-state index contributed by atoms with van der Waals surface area (Å²) in [6.45, 7) is 2.48. The largest absolute Gasteiger partial charge is 0.339 e. The molecule has 1 aromatic carbocycles. The molecule has 2 aliphatic rings. The minimum atomic E-state index is -0.610. The summed E-state index contributed by atoms with van der Waals surface area (Å²) in [5, 5.41) is 9.63. The van der Waals surface area contributed by atoms with E-state index in [1.165, 1.54) is 0 Å². The van der Waals surface area contributed by atoms with Crippen molar-refractivity contribution in [2.24, 2.45) is 0 Å². The fourth-order valence-corrected chi connectivity index (χ4v) is 5.68. The number of aromatic nitrogens is 1. The van der Waals surface area contributed by atoms with Crippen molar-refractivity contribution < 1.29 is 9.59 Å². The average Bonchev–Trinajstić information content (AvgIpc) is 3.51. The van der Waals surface area contributed by atoms with E-state index in [2.05, 4.69) is 16.7 Å². The monoisotopic (exact) mass is 486 g/mol. The number of carbonyl (C=O) groups is 2. The van der Waals surface area contributed by atoms with Gasteiger partial charge in [-0.3, -0.25) is 9.59 Å². The Hall–Kier alpha value is -2.22. The summed E-state index contributed by atoms with van der Waals surface area (Å²) in [7, 11) is 1.75. The number of hydrogen-bond donors (Lipinski definition) is 2. The molecule has 2 heterocycles. The molecule has 1 aliphatic heterocycles. The SMILES string of the molecule is CN[C@@H](C)C(=O)N[C@H](C(=O)N1CCC[C@H]1c1nc(-c2cccc(Cl)c2)cs1)C1=CCCCC1. The molecule has 0 unspecified atom stereocenters. The first-order valence-corrected chi connectivity index (χ1v) is 12.9. The second-order valence-corrected chi connectivity index (χ2v) is 10.1. The Morgan fingerprint density at radius 2 is 2.12 bits per heavy atom. The Balaban J connectivity index is 1.57. The minimum Gasteiger partial charge on any atom is -0.339 e. The first kappa shape index (κ1) is 23.9. The number of benzene rings is 1. The van der Waals surface area contributed by atoms with Crippen LogP contribution in [0.25, 0.3) is 11.3 Å². The Morgan fingerprint density at radius 1 is 1.27 bits per heavy atom. The molecule has 2 N–H and O–H groups in total. The van der Waals surface area contributed by atoms with Crippen molar-refractivity contribution in [2.45, 2.75) is 63.6 Å². The molecule has 2 amide bonds. The lowest BCUT2D eigenvalue weighted by atomic mass is 9.92. The lowest BCUT2D eigenvalue weighted by molar-refractivity contribution is -0.136. The van der Waals surface area contributed by atoms with Crippen molar-refractivity contribution >= 4 is 34.8 Å². The lowest BCUT2D eigenvalue weighted by Gasteiger charge is -2.31. The molecule has 1 aliphatic carbocycles. The smallest absolute Gasteiger partial charge is 0.250 e. The van der Waals surface area contributed by atoms with Gasteiger partial charge in [0.1, 0.15) is 11.0 Å². The fraction of sp³-hybridized carbons (Fsp3) is 0.480. The first-order chi connectivity index (χ1) is 16.0. The van der Waals surface area contributed by atoms with E-state index in [4.69, 9.17) is 16.6 Å². The summed E-state index contributed by atoms with van der Waals surface area (Å²) in [5.41, 5.74) is 2.88. The van der Waals surface area contributed by atoms with E-state index in [0.717, 1.165) is 60.4 Å². The van der Waals surface area contributed by atoms with E-state index in [1.807, 2.05) is 34.5 Å². The highest BCUT2D eigenvalue weighted by atomic mass is 35.5. The molecular weight excluding hydrogens is 456 g/mol. The number of rotatable bonds is 7.